The number of amides is 1. The Kier molecular flexibility index (Phi) is 4.72. The van der Waals surface area contributed by atoms with E-state index in [1.165, 1.54) is 0 Å². The van der Waals surface area contributed by atoms with Crippen molar-refractivity contribution < 1.29 is 9.21 Å². The SMILES string of the molecule is Cc1oc(-c2ccccc2)nc1CC(=O)N(C)CCC#N. The quantitative estimate of drug-likeness (QED) is 0.845. The lowest BCUT2D eigenvalue weighted by Crippen LogP contribution is -2.29. The molecule has 5 nitrogen and oxygen atoms in total. The molecule has 0 aliphatic carbocycles. The predicted octanol–water partition coefficient (Wildman–Crippen LogP) is 2.56. The van der Waals surface area contributed by atoms with Gasteiger partial charge in [0.2, 0.25) is 11.8 Å². The van der Waals surface area contributed by atoms with Crippen molar-refractivity contribution in [3.63, 3.8) is 0 Å². The molecule has 0 aliphatic heterocycles. The molecule has 21 heavy (non-hydrogen) atoms. The number of likely N-dealkylation sites (N-methyl/N-ethyl adjacent to an activating group) is 1. The minimum absolute atomic E-state index is 0.0683. The van der Waals surface area contributed by atoms with Gasteiger partial charge in [-0.15, -0.1) is 0 Å². The zero-order chi connectivity index (χ0) is 15.2. The molecule has 2 rings (SSSR count). The van der Waals surface area contributed by atoms with Crippen LogP contribution in [-0.2, 0) is 11.2 Å². The zero-order valence-corrected chi connectivity index (χ0v) is 12.2. The number of nitrogens with zero attached hydrogens (tertiary/aromatic N) is 3. The molecule has 0 saturated carbocycles. The molecule has 1 aromatic heterocycles. The summed E-state index contributed by atoms with van der Waals surface area (Å²) in [5.41, 5.74) is 1.53. The number of aromatic nitrogens is 1. The van der Waals surface area contributed by atoms with E-state index < -0.39 is 0 Å². The summed E-state index contributed by atoms with van der Waals surface area (Å²) in [6.45, 7) is 2.23. The Morgan fingerprint density at radius 3 is 2.76 bits per heavy atom. The third-order valence-corrected chi connectivity index (χ3v) is 3.22. The Morgan fingerprint density at radius 2 is 2.10 bits per heavy atom. The van der Waals surface area contributed by atoms with Gasteiger partial charge in [0.25, 0.3) is 0 Å². The van der Waals surface area contributed by atoms with Crippen molar-refractivity contribution in [3.05, 3.63) is 41.8 Å². The van der Waals surface area contributed by atoms with Gasteiger partial charge in [-0.25, -0.2) is 4.98 Å². The minimum atomic E-state index is -0.0683. The van der Waals surface area contributed by atoms with Crippen molar-refractivity contribution in [2.45, 2.75) is 19.8 Å². The maximum Gasteiger partial charge on any atom is 0.228 e. The van der Waals surface area contributed by atoms with Crippen LogP contribution in [0.25, 0.3) is 11.5 Å². The van der Waals surface area contributed by atoms with E-state index in [4.69, 9.17) is 9.68 Å². The number of nitriles is 1. The average molecular weight is 283 g/mol. The summed E-state index contributed by atoms with van der Waals surface area (Å²) in [4.78, 5) is 18.0. The second-order valence-electron chi connectivity index (χ2n) is 4.79. The monoisotopic (exact) mass is 283 g/mol. The van der Waals surface area contributed by atoms with E-state index in [9.17, 15) is 4.79 Å². The van der Waals surface area contributed by atoms with Crippen LogP contribution in [0.1, 0.15) is 17.9 Å². The van der Waals surface area contributed by atoms with Gasteiger partial charge in [0.1, 0.15) is 5.76 Å². The van der Waals surface area contributed by atoms with Crippen LogP contribution in [0.5, 0.6) is 0 Å². The molecule has 0 N–H and O–H groups in total. The Bertz CT molecular complexity index is 656. The Hall–Kier alpha value is -2.61. The first kappa shape index (κ1) is 14.8. The van der Waals surface area contributed by atoms with Gasteiger partial charge >= 0.3 is 0 Å². The van der Waals surface area contributed by atoms with E-state index in [1.54, 1.807) is 18.9 Å². The molecule has 0 radical (unpaired) electrons. The second kappa shape index (κ2) is 6.71. The van der Waals surface area contributed by atoms with Crippen LogP contribution in [0.3, 0.4) is 0 Å². The summed E-state index contributed by atoms with van der Waals surface area (Å²) < 4.78 is 5.63. The highest BCUT2D eigenvalue weighted by molar-refractivity contribution is 5.78. The molecular weight excluding hydrogens is 266 g/mol. The maximum atomic E-state index is 12.1. The van der Waals surface area contributed by atoms with E-state index in [2.05, 4.69) is 4.98 Å². The standard InChI is InChI=1S/C16H17N3O2/c1-12-14(11-15(20)19(2)10-6-9-17)18-16(21-12)13-7-4-3-5-8-13/h3-5,7-8H,6,10-11H2,1-2H3. The normalized spacial score (nSPS) is 10.1. The molecule has 0 saturated heterocycles. The summed E-state index contributed by atoms with van der Waals surface area (Å²) >= 11 is 0. The lowest BCUT2D eigenvalue weighted by Gasteiger charge is -2.14. The van der Waals surface area contributed by atoms with Crippen molar-refractivity contribution in [2.24, 2.45) is 0 Å². The van der Waals surface area contributed by atoms with Crippen molar-refractivity contribution in [1.29, 1.82) is 5.26 Å². The van der Waals surface area contributed by atoms with Crippen LogP contribution in [-0.4, -0.2) is 29.4 Å². The Balaban J connectivity index is 2.10. The fraction of sp³-hybridized carbons (Fsp3) is 0.312. The molecule has 1 aromatic carbocycles. The summed E-state index contributed by atoms with van der Waals surface area (Å²) in [6.07, 6.45) is 0.513. The topological polar surface area (TPSA) is 70.1 Å². The van der Waals surface area contributed by atoms with Gasteiger partial charge in [0.05, 0.1) is 24.6 Å². The molecule has 5 heteroatoms. The summed E-state index contributed by atoms with van der Waals surface area (Å²) in [7, 11) is 1.69. The van der Waals surface area contributed by atoms with Crippen molar-refractivity contribution in [2.75, 3.05) is 13.6 Å². The molecule has 0 aliphatic rings. The third kappa shape index (κ3) is 3.69. The summed E-state index contributed by atoms with van der Waals surface area (Å²) in [6, 6.07) is 11.6. The van der Waals surface area contributed by atoms with Crippen LogP contribution in [0.15, 0.2) is 34.7 Å². The van der Waals surface area contributed by atoms with Crippen molar-refractivity contribution >= 4 is 5.91 Å². The van der Waals surface area contributed by atoms with Gasteiger partial charge in [0.15, 0.2) is 0 Å². The highest BCUT2D eigenvalue weighted by atomic mass is 16.4. The van der Waals surface area contributed by atoms with Gasteiger partial charge in [-0.2, -0.15) is 5.26 Å². The first-order valence-electron chi connectivity index (χ1n) is 6.74. The van der Waals surface area contributed by atoms with Crippen LogP contribution < -0.4 is 0 Å². The number of hydrogen-bond acceptors (Lipinski definition) is 4. The van der Waals surface area contributed by atoms with Gasteiger partial charge in [0, 0.05) is 19.2 Å². The molecular formula is C16H17N3O2. The number of oxazole rings is 1. The fourth-order valence-corrected chi connectivity index (χ4v) is 1.92. The molecule has 1 heterocycles. The van der Waals surface area contributed by atoms with E-state index in [1.807, 2.05) is 36.4 Å². The number of carbonyl (C=O) groups is 1. The molecule has 2 aromatic rings. The molecule has 0 atom stereocenters. The van der Waals surface area contributed by atoms with Gasteiger partial charge in [-0.05, 0) is 19.1 Å². The first-order valence-corrected chi connectivity index (χ1v) is 6.74. The van der Waals surface area contributed by atoms with Crippen LogP contribution in [0.4, 0.5) is 0 Å². The van der Waals surface area contributed by atoms with Gasteiger partial charge in [-0.1, -0.05) is 18.2 Å². The van der Waals surface area contributed by atoms with E-state index >= 15 is 0 Å². The lowest BCUT2D eigenvalue weighted by atomic mass is 10.2. The minimum Gasteiger partial charge on any atom is -0.441 e. The number of benzene rings is 1. The van der Waals surface area contributed by atoms with Crippen molar-refractivity contribution in [1.82, 2.24) is 9.88 Å². The van der Waals surface area contributed by atoms with Crippen molar-refractivity contribution in [3.8, 4) is 17.5 Å². The van der Waals surface area contributed by atoms with E-state index in [-0.39, 0.29) is 12.3 Å². The summed E-state index contributed by atoms with van der Waals surface area (Å²) in [5, 5.41) is 8.54. The molecule has 108 valence electrons. The predicted molar refractivity (Wildman–Crippen MR) is 78.2 cm³/mol. The van der Waals surface area contributed by atoms with E-state index in [0.29, 0.717) is 30.3 Å². The largest absolute Gasteiger partial charge is 0.441 e. The van der Waals surface area contributed by atoms with Gasteiger partial charge in [-0.3, -0.25) is 4.79 Å². The second-order valence-corrected chi connectivity index (χ2v) is 4.79. The van der Waals surface area contributed by atoms with Crippen LogP contribution >= 0.6 is 0 Å². The Morgan fingerprint density at radius 1 is 1.38 bits per heavy atom. The molecule has 0 spiro atoms. The van der Waals surface area contributed by atoms with Crippen LogP contribution in [0.2, 0.25) is 0 Å². The third-order valence-electron chi connectivity index (χ3n) is 3.22. The lowest BCUT2D eigenvalue weighted by molar-refractivity contribution is -0.129. The number of rotatable bonds is 5. The maximum absolute atomic E-state index is 12.1. The molecule has 0 fully saturated rings. The smallest absolute Gasteiger partial charge is 0.228 e. The first-order chi connectivity index (χ1) is 10.1. The highest BCUT2D eigenvalue weighted by Crippen LogP contribution is 2.21. The average Bonchev–Trinajstić information content (AvgIpc) is 2.86. The number of carbonyl (C=O) groups excluding carboxylic acids is 1. The fourth-order valence-electron chi connectivity index (χ4n) is 1.92. The molecule has 0 unspecified atom stereocenters. The zero-order valence-electron chi connectivity index (χ0n) is 12.2. The number of aryl methyl sites for hydroxylation is 1. The van der Waals surface area contributed by atoms with Crippen LogP contribution in [0, 0.1) is 18.3 Å². The van der Waals surface area contributed by atoms with Gasteiger partial charge < -0.3 is 9.32 Å². The molecule has 0 bridgehead atoms. The Labute approximate surface area is 123 Å². The summed E-state index contributed by atoms with van der Waals surface area (Å²) in [5.74, 6) is 1.10. The highest BCUT2D eigenvalue weighted by Gasteiger charge is 2.16. The van der Waals surface area contributed by atoms with E-state index in [0.717, 1.165) is 5.56 Å². The molecule has 1 amide bonds. The number of hydrogen-bond donors (Lipinski definition) is 0.